The van der Waals surface area contributed by atoms with Crippen molar-refractivity contribution in [2.75, 3.05) is 29.9 Å². The van der Waals surface area contributed by atoms with E-state index in [4.69, 9.17) is 27.9 Å². The van der Waals surface area contributed by atoms with E-state index in [0.29, 0.717) is 32.2 Å². The van der Waals surface area contributed by atoms with Gasteiger partial charge in [-0.15, -0.1) is 0 Å². The number of rotatable bonds is 8. The number of ether oxygens (including phenoxy) is 1. The van der Waals surface area contributed by atoms with Crippen molar-refractivity contribution < 1.29 is 14.3 Å². The van der Waals surface area contributed by atoms with E-state index < -0.39 is 5.97 Å². The lowest BCUT2D eigenvalue weighted by molar-refractivity contribution is -0.111. The number of nitrogens with one attached hydrogen (secondary N) is 2. The molecule has 0 aliphatic rings. The third-order valence-electron chi connectivity index (χ3n) is 5.00. The number of aromatic amines is 1. The van der Waals surface area contributed by atoms with E-state index in [-0.39, 0.29) is 18.2 Å². The molecule has 0 atom stereocenters. The average Bonchev–Trinajstić information content (AvgIpc) is 3.13. The normalized spacial score (nSPS) is 11.2. The molecule has 168 valence electrons. The topological polar surface area (TPSA) is 74.4 Å². The molecule has 0 unspecified atom stereocenters. The Labute approximate surface area is 197 Å². The Balaban J connectivity index is 1.86. The zero-order valence-corrected chi connectivity index (χ0v) is 19.7. The Hall–Kier alpha value is -2.96. The summed E-state index contributed by atoms with van der Waals surface area (Å²) in [6.07, 6.45) is 2.90. The van der Waals surface area contributed by atoms with Gasteiger partial charge in [-0.05, 0) is 63.2 Å². The van der Waals surface area contributed by atoms with Gasteiger partial charge < -0.3 is 19.9 Å². The fraction of sp³-hybridized carbons (Fsp3) is 0.250. The lowest BCUT2D eigenvalue weighted by Crippen LogP contribution is -2.21. The summed E-state index contributed by atoms with van der Waals surface area (Å²) in [4.78, 5) is 30.2. The van der Waals surface area contributed by atoms with Crippen LogP contribution in [-0.2, 0) is 9.53 Å². The van der Waals surface area contributed by atoms with Crippen molar-refractivity contribution in [2.24, 2.45) is 0 Å². The Kier molecular flexibility index (Phi) is 7.83. The SMILES string of the molecule is CCOC(=O)c1[nH]c2cc(Cl)cc(Cl)c2c1/C=C/C(=O)Nc1ccc(N(CC)CC)cc1. The quantitative estimate of drug-likeness (QED) is 0.303. The number of carbonyl (C=O) groups excluding carboxylic acids is 2. The molecule has 0 fully saturated rings. The summed E-state index contributed by atoms with van der Waals surface area (Å²) in [5.74, 6) is -0.877. The minimum Gasteiger partial charge on any atom is -0.461 e. The number of hydrogen-bond acceptors (Lipinski definition) is 4. The number of amides is 1. The van der Waals surface area contributed by atoms with Crippen molar-refractivity contribution in [1.29, 1.82) is 0 Å². The summed E-state index contributed by atoms with van der Waals surface area (Å²) in [7, 11) is 0. The highest BCUT2D eigenvalue weighted by Gasteiger charge is 2.20. The van der Waals surface area contributed by atoms with Crippen LogP contribution in [0.15, 0.2) is 42.5 Å². The summed E-state index contributed by atoms with van der Waals surface area (Å²) in [6.45, 7) is 7.95. The maximum Gasteiger partial charge on any atom is 0.355 e. The first-order valence-corrected chi connectivity index (χ1v) is 11.1. The van der Waals surface area contributed by atoms with Gasteiger partial charge in [0, 0.05) is 52.0 Å². The molecule has 0 saturated heterocycles. The molecule has 8 heteroatoms. The van der Waals surface area contributed by atoms with Crippen molar-refractivity contribution in [3.63, 3.8) is 0 Å². The zero-order chi connectivity index (χ0) is 23.3. The van der Waals surface area contributed by atoms with E-state index in [0.717, 1.165) is 18.8 Å². The molecule has 2 aromatic carbocycles. The van der Waals surface area contributed by atoms with Crippen LogP contribution in [-0.4, -0.2) is 36.6 Å². The third kappa shape index (κ3) is 5.26. The predicted octanol–water partition coefficient (Wildman–Crippen LogP) is 6.15. The predicted molar refractivity (Wildman–Crippen MR) is 132 cm³/mol. The van der Waals surface area contributed by atoms with Crippen molar-refractivity contribution in [2.45, 2.75) is 20.8 Å². The van der Waals surface area contributed by atoms with E-state index in [1.54, 1.807) is 25.1 Å². The van der Waals surface area contributed by atoms with Crippen LogP contribution >= 0.6 is 23.2 Å². The van der Waals surface area contributed by atoms with Crippen molar-refractivity contribution in [1.82, 2.24) is 4.98 Å². The van der Waals surface area contributed by atoms with Crippen molar-refractivity contribution in [3.05, 3.63) is 63.8 Å². The Morgan fingerprint density at radius 3 is 2.41 bits per heavy atom. The van der Waals surface area contributed by atoms with Gasteiger partial charge in [-0.25, -0.2) is 4.79 Å². The number of halogens is 2. The fourth-order valence-corrected chi connectivity index (χ4v) is 4.09. The average molecular weight is 474 g/mol. The number of benzene rings is 2. The van der Waals surface area contributed by atoms with Gasteiger partial charge in [-0.2, -0.15) is 0 Å². The monoisotopic (exact) mass is 473 g/mol. The van der Waals surface area contributed by atoms with Gasteiger partial charge in [0.1, 0.15) is 5.69 Å². The van der Waals surface area contributed by atoms with Gasteiger partial charge in [-0.1, -0.05) is 23.2 Å². The number of carbonyl (C=O) groups is 2. The van der Waals surface area contributed by atoms with Crippen LogP contribution in [0.3, 0.4) is 0 Å². The summed E-state index contributed by atoms with van der Waals surface area (Å²) in [5.41, 5.74) is 3.02. The highest BCUT2D eigenvalue weighted by atomic mass is 35.5. The molecule has 6 nitrogen and oxygen atoms in total. The molecule has 0 spiro atoms. The molecule has 0 bridgehead atoms. The van der Waals surface area contributed by atoms with Gasteiger partial charge in [-0.3, -0.25) is 4.79 Å². The summed E-state index contributed by atoms with van der Waals surface area (Å²) in [5, 5.41) is 4.22. The second kappa shape index (κ2) is 10.6. The van der Waals surface area contributed by atoms with Crippen LogP contribution in [0.4, 0.5) is 11.4 Å². The number of anilines is 2. The van der Waals surface area contributed by atoms with E-state index in [1.807, 2.05) is 24.3 Å². The molecule has 2 N–H and O–H groups in total. The summed E-state index contributed by atoms with van der Waals surface area (Å²) in [6, 6.07) is 10.9. The molecular weight excluding hydrogens is 449 g/mol. The molecule has 3 rings (SSSR count). The lowest BCUT2D eigenvalue weighted by atomic mass is 10.1. The van der Waals surface area contributed by atoms with Gasteiger partial charge >= 0.3 is 5.97 Å². The standard InChI is InChI=1S/C24H25Cl2N3O3/c1-4-29(5-2)17-9-7-16(8-10-17)27-21(30)12-11-18-22-19(26)13-15(25)14-20(22)28-23(18)24(31)32-6-3/h7-14,28H,4-6H2,1-3H3,(H,27,30)/b12-11+. The molecule has 0 radical (unpaired) electrons. The highest BCUT2D eigenvalue weighted by molar-refractivity contribution is 6.39. The smallest absolute Gasteiger partial charge is 0.355 e. The first kappa shape index (κ1) is 23.7. The number of H-pyrrole nitrogens is 1. The third-order valence-corrected chi connectivity index (χ3v) is 5.51. The number of esters is 1. The molecule has 0 aliphatic carbocycles. The number of nitrogens with zero attached hydrogens (tertiary/aromatic N) is 1. The summed E-state index contributed by atoms with van der Waals surface area (Å²) >= 11 is 12.5. The first-order valence-electron chi connectivity index (χ1n) is 10.4. The van der Waals surface area contributed by atoms with Gasteiger partial charge in [0.2, 0.25) is 5.91 Å². The van der Waals surface area contributed by atoms with Crippen LogP contribution in [0.1, 0.15) is 36.8 Å². The van der Waals surface area contributed by atoms with E-state index in [1.165, 1.54) is 6.08 Å². The van der Waals surface area contributed by atoms with E-state index >= 15 is 0 Å². The molecule has 3 aromatic rings. The minimum absolute atomic E-state index is 0.207. The van der Waals surface area contributed by atoms with Crippen molar-refractivity contribution in [3.8, 4) is 0 Å². The molecule has 0 saturated carbocycles. The second-order valence-electron chi connectivity index (χ2n) is 6.99. The maximum atomic E-state index is 12.5. The van der Waals surface area contributed by atoms with Crippen LogP contribution in [0, 0.1) is 0 Å². The first-order chi connectivity index (χ1) is 15.4. The van der Waals surface area contributed by atoms with E-state index in [2.05, 4.69) is 29.0 Å². The fourth-order valence-electron chi connectivity index (χ4n) is 3.49. The van der Waals surface area contributed by atoms with Gasteiger partial charge in [0.05, 0.1) is 11.6 Å². The molecule has 1 amide bonds. The zero-order valence-electron chi connectivity index (χ0n) is 18.2. The number of aromatic nitrogens is 1. The Bertz CT molecular complexity index is 1150. The largest absolute Gasteiger partial charge is 0.461 e. The van der Waals surface area contributed by atoms with E-state index in [9.17, 15) is 9.59 Å². The Morgan fingerprint density at radius 2 is 1.78 bits per heavy atom. The molecular formula is C24H25Cl2N3O3. The van der Waals surface area contributed by atoms with Crippen LogP contribution in [0.2, 0.25) is 10.0 Å². The number of fused-ring (bicyclic) bond motifs is 1. The van der Waals surface area contributed by atoms with Gasteiger partial charge in [0.15, 0.2) is 0 Å². The highest BCUT2D eigenvalue weighted by Crippen LogP contribution is 2.33. The Morgan fingerprint density at radius 1 is 1.09 bits per heavy atom. The van der Waals surface area contributed by atoms with Crippen molar-refractivity contribution >= 4 is 63.4 Å². The molecule has 0 aliphatic heterocycles. The second-order valence-corrected chi connectivity index (χ2v) is 7.83. The number of hydrogen-bond donors (Lipinski definition) is 2. The minimum atomic E-state index is -0.539. The maximum absolute atomic E-state index is 12.5. The van der Waals surface area contributed by atoms with Gasteiger partial charge in [0.25, 0.3) is 0 Å². The lowest BCUT2D eigenvalue weighted by Gasteiger charge is -2.21. The van der Waals surface area contributed by atoms with Crippen LogP contribution in [0.5, 0.6) is 0 Å². The van der Waals surface area contributed by atoms with Crippen LogP contribution in [0.25, 0.3) is 17.0 Å². The molecule has 32 heavy (non-hydrogen) atoms. The summed E-state index contributed by atoms with van der Waals surface area (Å²) < 4.78 is 5.13. The molecule has 1 heterocycles. The van der Waals surface area contributed by atoms with Crippen LogP contribution < -0.4 is 10.2 Å². The molecule has 1 aromatic heterocycles.